The Bertz CT molecular complexity index is 2450. The fourth-order valence-electron chi connectivity index (χ4n) is 8.72. The first-order chi connectivity index (χ1) is 23.9. The van der Waals surface area contributed by atoms with Gasteiger partial charge in [0.2, 0.25) is 0 Å². The van der Waals surface area contributed by atoms with Crippen molar-refractivity contribution in [3.05, 3.63) is 185 Å². The highest BCUT2D eigenvalue weighted by Gasteiger charge is 2.47. The minimum atomic E-state index is -0.432. The molecule has 0 amide bonds. The van der Waals surface area contributed by atoms with Crippen LogP contribution in [-0.2, 0) is 10.8 Å². The Kier molecular flexibility index (Phi) is 6.67. The molecule has 238 valence electrons. The van der Waals surface area contributed by atoms with Gasteiger partial charge in [-0.05, 0) is 88.7 Å². The highest BCUT2D eigenvalue weighted by Crippen LogP contribution is 2.60. The maximum atomic E-state index is 2.46. The van der Waals surface area contributed by atoms with E-state index in [9.17, 15) is 0 Å². The van der Waals surface area contributed by atoms with Gasteiger partial charge in [0, 0.05) is 49.6 Å². The van der Waals surface area contributed by atoms with Crippen LogP contribution in [0.15, 0.2) is 151 Å². The predicted molar refractivity (Wildman–Crippen MR) is 212 cm³/mol. The van der Waals surface area contributed by atoms with Crippen LogP contribution in [0.5, 0.6) is 0 Å². The quantitative estimate of drug-likeness (QED) is 0.179. The van der Waals surface area contributed by atoms with Crippen LogP contribution < -0.4 is 4.90 Å². The average Bonchev–Trinajstić information content (AvgIpc) is 3.73. The molecule has 2 heteroatoms. The van der Waals surface area contributed by atoms with Crippen LogP contribution >= 0.6 is 11.3 Å². The second-order valence-electron chi connectivity index (χ2n) is 14.1. The van der Waals surface area contributed by atoms with Gasteiger partial charge in [-0.3, -0.25) is 0 Å². The summed E-state index contributed by atoms with van der Waals surface area (Å²) in [5, 5.41) is 2.67. The average molecular weight is 650 g/mol. The summed E-state index contributed by atoms with van der Waals surface area (Å²) in [6.07, 6.45) is 4.43. The van der Waals surface area contributed by atoms with Crippen LogP contribution in [0.25, 0.3) is 36.9 Å². The van der Waals surface area contributed by atoms with E-state index in [2.05, 4.69) is 185 Å². The molecule has 1 heterocycles. The van der Waals surface area contributed by atoms with Crippen LogP contribution in [0.2, 0.25) is 0 Å². The minimum Gasteiger partial charge on any atom is -0.345 e. The Hall–Kier alpha value is -5.18. The van der Waals surface area contributed by atoms with Crippen molar-refractivity contribution in [1.82, 2.24) is 0 Å². The van der Waals surface area contributed by atoms with E-state index >= 15 is 0 Å². The van der Waals surface area contributed by atoms with E-state index in [1.54, 1.807) is 0 Å². The summed E-state index contributed by atoms with van der Waals surface area (Å²) in [7, 11) is 2.22. The Morgan fingerprint density at radius 3 is 1.96 bits per heavy atom. The van der Waals surface area contributed by atoms with Gasteiger partial charge in [-0.2, -0.15) is 0 Å². The second-order valence-corrected chi connectivity index (χ2v) is 15.2. The number of allylic oxidation sites excluding steroid dienone is 4. The van der Waals surface area contributed by atoms with E-state index < -0.39 is 5.41 Å². The van der Waals surface area contributed by atoms with Gasteiger partial charge in [-0.1, -0.05) is 135 Å². The molecule has 1 nitrogen and oxygen atoms in total. The van der Waals surface area contributed by atoms with E-state index in [0.29, 0.717) is 0 Å². The van der Waals surface area contributed by atoms with Gasteiger partial charge in [-0.25, -0.2) is 0 Å². The Morgan fingerprint density at radius 2 is 1.24 bits per heavy atom. The van der Waals surface area contributed by atoms with Gasteiger partial charge >= 0.3 is 0 Å². The smallest absolute Gasteiger partial charge is 0.0714 e. The molecule has 2 aliphatic rings. The lowest BCUT2D eigenvalue weighted by Crippen LogP contribution is -2.28. The van der Waals surface area contributed by atoms with Crippen molar-refractivity contribution >= 4 is 48.5 Å². The number of benzene rings is 6. The Labute approximate surface area is 293 Å². The van der Waals surface area contributed by atoms with E-state index in [1.165, 1.54) is 87.2 Å². The second kappa shape index (κ2) is 10.9. The molecule has 7 aromatic rings. The number of fused-ring (bicyclic) bond motifs is 8. The van der Waals surface area contributed by atoms with Crippen molar-refractivity contribution in [3.8, 4) is 11.1 Å². The van der Waals surface area contributed by atoms with Crippen LogP contribution in [0.4, 0.5) is 11.4 Å². The van der Waals surface area contributed by atoms with Crippen molar-refractivity contribution in [1.29, 1.82) is 0 Å². The number of hydrogen-bond donors (Lipinski definition) is 0. The Morgan fingerprint density at radius 1 is 0.612 bits per heavy atom. The molecule has 0 unspecified atom stereocenters. The van der Waals surface area contributed by atoms with Crippen molar-refractivity contribution < 1.29 is 0 Å². The molecule has 0 atom stereocenters. The molecule has 0 fully saturated rings. The van der Waals surface area contributed by atoms with Crippen molar-refractivity contribution in [2.75, 3.05) is 11.9 Å². The molecular weight excluding hydrogens is 611 g/mol. The van der Waals surface area contributed by atoms with Gasteiger partial charge in [0.1, 0.15) is 0 Å². The zero-order valence-corrected chi connectivity index (χ0v) is 29.5. The first-order valence-electron chi connectivity index (χ1n) is 17.3. The largest absolute Gasteiger partial charge is 0.345 e. The van der Waals surface area contributed by atoms with Gasteiger partial charge in [0.05, 0.1) is 5.41 Å². The zero-order chi connectivity index (χ0) is 33.5. The van der Waals surface area contributed by atoms with Crippen LogP contribution in [-0.4, -0.2) is 7.05 Å². The van der Waals surface area contributed by atoms with Crippen molar-refractivity contribution in [3.63, 3.8) is 0 Å². The highest BCUT2D eigenvalue weighted by atomic mass is 32.1. The standard InChI is InChI=1S/C47H39NS/c1-6-15-35-30(2)46(3,4)42-29-34(22-24-36(35)42)48(5)33-23-26-40-39(28-33)44-41(27-25-38-37-20-13-14-21-43(37)49-45(38)44)47(40,31-16-9-7-10-17-31)32-18-11-8-12-19-32/h6-29H,1-5H3/b15-6-. The summed E-state index contributed by atoms with van der Waals surface area (Å²) in [6.45, 7) is 9.11. The fraction of sp³-hybridized carbons (Fsp3) is 0.149. The molecule has 0 radical (unpaired) electrons. The molecule has 9 rings (SSSR count). The summed E-state index contributed by atoms with van der Waals surface area (Å²) < 4.78 is 2.70. The number of thiophene rings is 1. The molecule has 0 N–H and O–H groups in total. The lowest BCUT2D eigenvalue weighted by Gasteiger charge is -2.34. The maximum Gasteiger partial charge on any atom is 0.0714 e. The lowest BCUT2D eigenvalue weighted by atomic mass is 9.67. The number of nitrogens with zero attached hydrogens (tertiary/aromatic N) is 1. The number of hydrogen-bond acceptors (Lipinski definition) is 2. The summed E-state index contributed by atoms with van der Waals surface area (Å²) in [5.41, 5.74) is 15.4. The molecular formula is C47H39NS. The molecule has 1 aromatic heterocycles. The predicted octanol–water partition coefficient (Wildman–Crippen LogP) is 12.8. The molecule has 6 aromatic carbocycles. The highest BCUT2D eigenvalue weighted by molar-refractivity contribution is 7.26. The Balaban J connectivity index is 1.29. The topological polar surface area (TPSA) is 3.24 Å². The first kappa shape index (κ1) is 29.9. The van der Waals surface area contributed by atoms with Crippen molar-refractivity contribution in [2.45, 2.75) is 38.5 Å². The number of rotatable bonds is 5. The molecule has 49 heavy (non-hydrogen) atoms. The van der Waals surface area contributed by atoms with Gasteiger partial charge < -0.3 is 4.90 Å². The zero-order valence-electron chi connectivity index (χ0n) is 28.7. The summed E-state index contributed by atoms with van der Waals surface area (Å²) in [5.74, 6) is 0. The van der Waals surface area contributed by atoms with E-state index in [-0.39, 0.29) is 5.41 Å². The molecule has 0 saturated heterocycles. The maximum absolute atomic E-state index is 2.46. The normalized spacial score (nSPS) is 15.6. The SMILES string of the molecule is C/C=C\C1=C(C)C(C)(C)c2cc(N(C)c3ccc4c(c3)-c3c(ccc5c3sc3ccccc35)C4(c3ccccc3)c3ccccc3)ccc21. The molecule has 0 saturated carbocycles. The van der Waals surface area contributed by atoms with E-state index in [1.807, 2.05) is 11.3 Å². The summed E-state index contributed by atoms with van der Waals surface area (Å²) >= 11 is 1.93. The lowest BCUT2D eigenvalue weighted by molar-refractivity contribution is 0.639. The van der Waals surface area contributed by atoms with Gasteiger partial charge in [0.25, 0.3) is 0 Å². The van der Waals surface area contributed by atoms with Crippen molar-refractivity contribution in [2.24, 2.45) is 0 Å². The molecule has 0 bridgehead atoms. The van der Waals surface area contributed by atoms with Gasteiger partial charge in [-0.15, -0.1) is 11.3 Å². The van der Waals surface area contributed by atoms with Gasteiger partial charge in [0.15, 0.2) is 0 Å². The summed E-state index contributed by atoms with van der Waals surface area (Å²) in [6, 6.07) is 50.1. The molecule has 0 spiro atoms. The van der Waals surface area contributed by atoms with E-state index in [0.717, 1.165) is 0 Å². The minimum absolute atomic E-state index is 0.0182. The molecule has 0 aliphatic heterocycles. The molecule has 2 aliphatic carbocycles. The van der Waals surface area contributed by atoms with Crippen LogP contribution in [0, 0.1) is 0 Å². The third-order valence-corrected chi connectivity index (χ3v) is 12.7. The van der Waals surface area contributed by atoms with E-state index in [4.69, 9.17) is 0 Å². The third kappa shape index (κ3) is 4.11. The van der Waals surface area contributed by atoms with Crippen LogP contribution in [0.3, 0.4) is 0 Å². The van der Waals surface area contributed by atoms with Crippen LogP contribution in [0.1, 0.15) is 61.1 Å². The first-order valence-corrected chi connectivity index (χ1v) is 18.1. The third-order valence-electron chi connectivity index (χ3n) is 11.5. The fourth-order valence-corrected chi connectivity index (χ4v) is 9.98. The number of anilines is 2. The monoisotopic (exact) mass is 649 g/mol. The summed E-state index contributed by atoms with van der Waals surface area (Å²) in [4.78, 5) is 2.37.